The van der Waals surface area contributed by atoms with Crippen LogP contribution in [-0.4, -0.2) is 34.6 Å². The van der Waals surface area contributed by atoms with E-state index in [2.05, 4.69) is 0 Å². The number of carbonyl (C=O) groups excluding carboxylic acids is 2. The highest BCUT2D eigenvalue weighted by atomic mass is 16.5. The molecule has 2 aromatic rings. The van der Waals surface area contributed by atoms with Gasteiger partial charge in [0.25, 0.3) is 5.69 Å². The lowest BCUT2D eigenvalue weighted by atomic mass is 9.73. The zero-order chi connectivity index (χ0) is 22.3. The summed E-state index contributed by atoms with van der Waals surface area (Å²) in [7, 11) is 1.43. The molecule has 6 nitrogen and oxygen atoms in total. The van der Waals surface area contributed by atoms with Gasteiger partial charge in [-0.2, -0.15) is 0 Å². The van der Waals surface area contributed by atoms with Crippen LogP contribution >= 0.6 is 0 Å². The second kappa shape index (κ2) is 7.76. The number of hydrogen-bond acceptors (Lipinski definition) is 5. The van der Waals surface area contributed by atoms with Crippen LogP contribution in [0.25, 0.3) is 0 Å². The number of nitroso groups, excluding NO2 is 1. The zero-order valence-corrected chi connectivity index (χ0v) is 18.3. The molecule has 0 amide bonds. The van der Waals surface area contributed by atoms with E-state index in [0.717, 1.165) is 10.3 Å². The second-order valence-corrected chi connectivity index (χ2v) is 8.59. The van der Waals surface area contributed by atoms with Crippen LogP contribution in [0.1, 0.15) is 51.7 Å². The summed E-state index contributed by atoms with van der Waals surface area (Å²) >= 11 is 0. The van der Waals surface area contributed by atoms with Gasteiger partial charge in [-0.1, -0.05) is 13.0 Å². The minimum absolute atomic E-state index is 0.249. The van der Waals surface area contributed by atoms with Crippen molar-refractivity contribution < 1.29 is 23.8 Å². The molecule has 0 spiro atoms. The Kier molecular flexibility index (Phi) is 5.65. The third kappa shape index (κ3) is 4.05. The van der Waals surface area contributed by atoms with Gasteiger partial charge in [-0.15, -0.1) is 0 Å². The van der Waals surface area contributed by atoms with E-state index in [0.29, 0.717) is 29.2 Å². The maximum Gasteiger partial charge on any atom is 0.255 e. The Bertz CT molecular complexity index is 979. The molecule has 0 bridgehead atoms. The number of hydrogen-bond donors (Lipinski definition) is 0. The Morgan fingerprint density at radius 3 is 1.97 bits per heavy atom. The normalized spacial score (nSPS) is 18.3. The first-order valence-corrected chi connectivity index (χ1v) is 10.1. The van der Waals surface area contributed by atoms with Gasteiger partial charge in [0.05, 0.1) is 0 Å². The second-order valence-electron chi connectivity index (χ2n) is 8.59. The Morgan fingerprint density at radius 2 is 1.47 bits per heavy atom. The molecule has 0 aliphatic carbocycles. The molecule has 1 heterocycles. The number of benzene rings is 2. The highest BCUT2D eigenvalue weighted by Crippen LogP contribution is 2.41. The van der Waals surface area contributed by atoms with Crippen molar-refractivity contribution in [2.45, 2.75) is 58.2 Å². The third-order valence-electron chi connectivity index (χ3n) is 5.47. The van der Waals surface area contributed by atoms with Crippen molar-refractivity contribution in [2.75, 3.05) is 7.05 Å². The van der Waals surface area contributed by atoms with Crippen molar-refractivity contribution in [3.05, 3.63) is 58.5 Å². The summed E-state index contributed by atoms with van der Waals surface area (Å²) < 4.78 is 12.5. The monoisotopic (exact) mass is 410 g/mol. The van der Waals surface area contributed by atoms with Crippen molar-refractivity contribution in [3.8, 4) is 11.5 Å². The largest absolute Gasteiger partial charge is 0.457 e. The molecule has 1 aliphatic heterocycles. The van der Waals surface area contributed by atoms with E-state index in [1.807, 2.05) is 19.1 Å². The van der Waals surface area contributed by atoms with Crippen molar-refractivity contribution in [2.24, 2.45) is 0 Å². The van der Waals surface area contributed by atoms with Gasteiger partial charge in [-0.3, -0.25) is 9.59 Å². The van der Waals surface area contributed by atoms with Gasteiger partial charge in [0.2, 0.25) is 0 Å². The molecule has 158 valence electrons. The molecule has 0 radical (unpaired) electrons. The highest BCUT2D eigenvalue weighted by molar-refractivity contribution is 6.15. The van der Waals surface area contributed by atoms with E-state index in [1.165, 1.54) is 7.05 Å². The minimum atomic E-state index is -1.07. The molecule has 1 fully saturated rings. The van der Waals surface area contributed by atoms with Gasteiger partial charge in [0, 0.05) is 21.8 Å². The Labute approximate surface area is 176 Å². The first-order chi connectivity index (χ1) is 14.0. The predicted octanol–water partition coefficient (Wildman–Crippen LogP) is 4.89. The number of ketones is 2. The van der Waals surface area contributed by atoms with Gasteiger partial charge in [-0.05, 0) is 69.5 Å². The van der Waals surface area contributed by atoms with Gasteiger partial charge in [0.15, 0.2) is 18.6 Å². The van der Waals surface area contributed by atoms with E-state index >= 15 is 0 Å². The smallest absolute Gasteiger partial charge is 0.255 e. The van der Waals surface area contributed by atoms with Crippen molar-refractivity contribution in [3.63, 3.8) is 0 Å². The molecular formula is C24H28NO5+. The maximum atomic E-state index is 13.2. The summed E-state index contributed by atoms with van der Waals surface area (Å²) in [5.74, 6) is -0.323. The summed E-state index contributed by atoms with van der Waals surface area (Å²) in [5.41, 5.74) is -0.0302. The topological polar surface area (TPSA) is 72.7 Å². The van der Waals surface area contributed by atoms with E-state index < -0.39 is 17.1 Å². The molecule has 0 aromatic heterocycles. The quantitative estimate of drug-likeness (QED) is 0.518. The molecule has 0 saturated carbocycles. The first-order valence-electron chi connectivity index (χ1n) is 10.1. The predicted molar refractivity (Wildman–Crippen MR) is 114 cm³/mol. The van der Waals surface area contributed by atoms with Crippen molar-refractivity contribution >= 4 is 17.3 Å². The summed E-state index contributed by atoms with van der Waals surface area (Å²) in [6.07, 6.45) is 0.679. The fourth-order valence-corrected chi connectivity index (χ4v) is 3.92. The van der Waals surface area contributed by atoms with Crippen LogP contribution in [0.3, 0.4) is 0 Å². The standard InChI is InChI=1S/C24H28NO5/c1-7-15-8-11-18(29-17-12-9-16(10-13-17)25(6)28)14-19(15)20-21(26)23(2,3)30-24(4,5)22(20)27/h8-14,20H,7H2,1-6H3/q+1. The van der Waals surface area contributed by atoms with Crippen LogP contribution in [-0.2, 0) is 20.7 Å². The maximum absolute atomic E-state index is 13.2. The first kappa shape index (κ1) is 21.8. The number of rotatable bonds is 5. The summed E-state index contributed by atoms with van der Waals surface area (Å²) in [6.45, 7) is 8.81. The van der Waals surface area contributed by atoms with Gasteiger partial charge in [0.1, 0.15) is 28.6 Å². The average Bonchev–Trinajstić information content (AvgIpc) is 2.67. The molecule has 0 unspecified atom stereocenters. The lowest BCUT2D eigenvalue weighted by molar-refractivity contribution is -0.428. The van der Waals surface area contributed by atoms with Crippen LogP contribution in [0.5, 0.6) is 11.5 Å². The van der Waals surface area contributed by atoms with E-state index in [-0.39, 0.29) is 11.6 Å². The number of ether oxygens (including phenoxy) is 2. The van der Waals surface area contributed by atoms with Crippen LogP contribution < -0.4 is 4.74 Å². The fourth-order valence-electron chi connectivity index (χ4n) is 3.92. The fraction of sp³-hybridized carbons (Fsp3) is 0.417. The molecular weight excluding hydrogens is 382 g/mol. The lowest BCUT2D eigenvalue weighted by Gasteiger charge is -2.43. The van der Waals surface area contributed by atoms with Crippen LogP contribution in [0, 0.1) is 4.91 Å². The van der Waals surface area contributed by atoms with Crippen LogP contribution in [0.2, 0.25) is 0 Å². The number of nitrogens with zero attached hydrogens (tertiary/aromatic N) is 1. The Balaban J connectivity index is 2.01. The average molecular weight is 410 g/mol. The molecule has 0 N–H and O–H groups in total. The summed E-state index contributed by atoms with van der Waals surface area (Å²) in [4.78, 5) is 37.7. The van der Waals surface area contributed by atoms with Gasteiger partial charge < -0.3 is 9.47 Å². The summed E-state index contributed by atoms with van der Waals surface area (Å²) in [5, 5.41) is 0. The number of carbonyl (C=O) groups is 2. The van der Waals surface area contributed by atoms with Crippen molar-refractivity contribution in [1.29, 1.82) is 0 Å². The third-order valence-corrected chi connectivity index (χ3v) is 5.47. The zero-order valence-electron chi connectivity index (χ0n) is 18.3. The van der Waals surface area contributed by atoms with Gasteiger partial charge >= 0.3 is 0 Å². The molecule has 0 atom stereocenters. The van der Waals surface area contributed by atoms with Gasteiger partial charge in [-0.25, -0.2) is 0 Å². The highest BCUT2D eigenvalue weighted by Gasteiger charge is 2.53. The molecule has 6 heteroatoms. The number of Topliss-reactive ketones (excluding diaryl/α,β-unsaturated/α-hetero) is 2. The summed E-state index contributed by atoms with van der Waals surface area (Å²) in [6, 6.07) is 12.2. The molecule has 1 saturated heterocycles. The molecule has 2 aromatic carbocycles. The van der Waals surface area contributed by atoms with Crippen molar-refractivity contribution in [1.82, 2.24) is 0 Å². The SMILES string of the molecule is CCc1ccc(Oc2ccc([N+](C)=O)cc2)cc1C1C(=O)C(C)(C)OC(C)(C)C1=O. The molecule has 3 rings (SSSR count). The Morgan fingerprint density at radius 1 is 0.933 bits per heavy atom. The molecule has 30 heavy (non-hydrogen) atoms. The van der Waals surface area contributed by atoms with E-state index in [9.17, 15) is 14.5 Å². The number of aryl methyl sites for hydroxylation is 1. The lowest BCUT2D eigenvalue weighted by Crippen LogP contribution is -2.58. The van der Waals surface area contributed by atoms with E-state index in [4.69, 9.17) is 9.47 Å². The van der Waals surface area contributed by atoms with E-state index in [1.54, 1.807) is 58.0 Å². The Hall–Kier alpha value is -2.86. The van der Waals surface area contributed by atoms with Crippen LogP contribution in [0.4, 0.5) is 5.69 Å². The van der Waals surface area contributed by atoms with Crippen LogP contribution in [0.15, 0.2) is 42.5 Å². The minimum Gasteiger partial charge on any atom is -0.457 e. The molecule has 1 aliphatic rings.